The van der Waals surface area contributed by atoms with Gasteiger partial charge in [-0.15, -0.1) is 0 Å². The van der Waals surface area contributed by atoms with Gasteiger partial charge in [-0.1, -0.05) is 6.92 Å². The van der Waals surface area contributed by atoms with Crippen molar-refractivity contribution in [1.29, 1.82) is 0 Å². The smallest absolute Gasteiger partial charge is 0.308 e. The van der Waals surface area contributed by atoms with Crippen LogP contribution < -0.4 is 5.32 Å². The van der Waals surface area contributed by atoms with Crippen molar-refractivity contribution in [1.82, 2.24) is 10.2 Å². The minimum absolute atomic E-state index is 0.0677. The number of rotatable bonds is 3. The first kappa shape index (κ1) is 12.4. The fourth-order valence-corrected chi connectivity index (χ4v) is 2.76. The van der Waals surface area contributed by atoms with Crippen molar-refractivity contribution >= 4 is 11.9 Å². The number of hydrogen-bond donors (Lipinski definition) is 2. The molecule has 0 bridgehead atoms. The molecule has 2 fully saturated rings. The van der Waals surface area contributed by atoms with Crippen LogP contribution in [0.2, 0.25) is 0 Å². The molecule has 2 heterocycles. The number of likely N-dealkylation sites (tertiary alicyclic amines) is 1. The lowest BCUT2D eigenvalue weighted by molar-refractivity contribution is -0.142. The van der Waals surface area contributed by atoms with Crippen LogP contribution in [0.15, 0.2) is 0 Å². The summed E-state index contributed by atoms with van der Waals surface area (Å²) in [4.78, 5) is 24.7. The predicted molar refractivity (Wildman–Crippen MR) is 62.5 cm³/mol. The van der Waals surface area contributed by atoms with Crippen molar-refractivity contribution in [2.75, 3.05) is 26.2 Å². The highest BCUT2D eigenvalue weighted by atomic mass is 16.4. The van der Waals surface area contributed by atoms with E-state index in [1.165, 1.54) is 0 Å². The molecule has 2 N–H and O–H groups in total. The van der Waals surface area contributed by atoms with Gasteiger partial charge < -0.3 is 15.3 Å². The first-order valence-electron chi connectivity index (χ1n) is 6.29. The zero-order valence-corrected chi connectivity index (χ0v) is 10.2. The predicted octanol–water partition coefficient (Wildman–Crippen LogP) is 0.165. The van der Waals surface area contributed by atoms with Gasteiger partial charge in [-0.2, -0.15) is 0 Å². The van der Waals surface area contributed by atoms with Gasteiger partial charge in [0.2, 0.25) is 5.91 Å². The third-order valence-corrected chi connectivity index (χ3v) is 3.91. The lowest BCUT2D eigenvalue weighted by Crippen LogP contribution is -2.31. The monoisotopic (exact) mass is 240 g/mol. The molecular weight excluding hydrogens is 220 g/mol. The minimum Gasteiger partial charge on any atom is -0.481 e. The molecule has 5 heteroatoms. The van der Waals surface area contributed by atoms with Crippen LogP contribution in [0.3, 0.4) is 0 Å². The summed E-state index contributed by atoms with van der Waals surface area (Å²) < 4.78 is 0. The van der Waals surface area contributed by atoms with Gasteiger partial charge in [-0.25, -0.2) is 0 Å². The Morgan fingerprint density at radius 1 is 1.41 bits per heavy atom. The Morgan fingerprint density at radius 3 is 2.71 bits per heavy atom. The van der Waals surface area contributed by atoms with Gasteiger partial charge in [-0.3, -0.25) is 9.59 Å². The minimum atomic E-state index is -0.782. The van der Waals surface area contributed by atoms with E-state index >= 15 is 0 Å². The Hall–Kier alpha value is -1.10. The van der Waals surface area contributed by atoms with Crippen LogP contribution in [-0.4, -0.2) is 48.1 Å². The largest absolute Gasteiger partial charge is 0.481 e. The Morgan fingerprint density at radius 2 is 2.18 bits per heavy atom. The number of nitrogens with one attached hydrogen (secondary N) is 1. The molecule has 2 aliphatic heterocycles. The molecule has 0 spiro atoms. The number of carbonyl (C=O) groups is 2. The van der Waals surface area contributed by atoms with E-state index in [2.05, 4.69) is 5.32 Å². The molecule has 2 saturated heterocycles. The quantitative estimate of drug-likeness (QED) is 0.737. The lowest BCUT2D eigenvalue weighted by atomic mass is 9.99. The Kier molecular flexibility index (Phi) is 3.66. The molecule has 96 valence electrons. The first-order valence-corrected chi connectivity index (χ1v) is 6.29. The number of carboxylic acids is 1. The number of carbonyl (C=O) groups excluding carboxylic acids is 1. The van der Waals surface area contributed by atoms with Crippen molar-refractivity contribution < 1.29 is 14.7 Å². The highest BCUT2D eigenvalue weighted by Crippen LogP contribution is 2.25. The van der Waals surface area contributed by atoms with Gasteiger partial charge in [0.1, 0.15) is 0 Å². The van der Waals surface area contributed by atoms with Gasteiger partial charge in [-0.05, 0) is 31.3 Å². The van der Waals surface area contributed by atoms with Crippen LogP contribution in [0, 0.1) is 17.8 Å². The Bertz CT molecular complexity index is 313. The molecule has 0 aromatic heterocycles. The zero-order valence-electron chi connectivity index (χ0n) is 10.2. The van der Waals surface area contributed by atoms with E-state index in [0.29, 0.717) is 25.4 Å². The molecule has 0 saturated carbocycles. The highest BCUT2D eigenvalue weighted by Gasteiger charge is 2.37. The van der Waals surface area contributed by atoms with Gasteiger partial charge in [0.05, 0.1) is 5.92 Å². The first-order chi connectivity index (χ1) is 8.08. The summed E-state index contributed by atoms with van der Waals surface area (Å²) in [5.74, 6) is -0.551. The second kappa shape index (κ2) is 5.04. The zero-order chi connectivity index (χ0) is 12.4. The van der Waals surface area contributed by atoms with Crippen molar-refractivity contribution in [2.24, 2.45) is 17.8 Å². The summed E-state index contributed by atoms with van der Waals surface area (Å²) >= 11 is 0. The molecule has 3 atom stereocenters. The summed E-state index contributed by atoms with van der Waals surface area (Å²) in [5.41, 5.74) is 0. The van der Waals surface area contributed by atoms with E-state index in [4.69, 9.17) is 5.11 Å². The molecule has 2 rings (SSSR count). The summed E-state index contributed by atoms with van der Waals surface area (Å²) in [6.45, 7) is 4.79. The van der Waals surface area contributed by atoms with E-state index in [9.17, 15) is 9.59 Å². The average Bonchev–Trinajstić information content (AvgIpc) is 2.86. The molecule has 5 nitrogen and oxygen atoms in total. The fourth-order valence-electron chi connectivity index (χ4n) is 2.76. The van der Waals surface area contributed by atoms with E-state index in [-0.39, 0.29) is 17.7 Å². The molecule has 1 unspecified atom stereocenters. The second-order valence-corrected chi connectivity index (χ2v) is 5.28. The summed E-state index contributed by atoms with van der Waals surface area (Å²) in [7, 11) is 0. The van der Waals surface area contributed by atoms with Crippen molar-refractivity contribution in [2.45, 2.75) is 19.8 Å². The van der Waals surface area contributed by atoms with Crippen LogP contribution >= 0.6 is 0 Å². The van der Waals surface area contributed by atoms with E-state index < -0.39 is 5.97 Å². The average molecular weight is 240 g/mol. The van der Waals surface area contributed by atoms with Gasteiger partial charge >= 0.3 is 5.97 Å². The van der Waals surface area contributed by atoms with E-state index in [0.717, 1.165) is 19.5 Å². The van der Waals surface area contributed by atoms with Crippen LogP contribution in [0.1, 0.15) is 19.8 Å². The molecular formula is C12H20N2O3. The molecule has 17 heavy (non-hydrogen) atoms. The number of carboxylic acid groups (broad SMARTS) is 1. The maximum Gasteiger partial charge on any atom is 0.308 e. The number of amides is 1. The summed E-state index contributed by atoms with van der Waals surface area (Å²) in [6.07, 6.45) is 1.61. The van der Waals surface area contributed by atoms with Gasteiger partial charge in [0.25, 0.3) is 0 Å². The second-order valence-electron chi connectivity index (χ2n) is 5.28. The molecule has 0 aliphatic carbocycles. The Balaban J connectivity index is 1.86. The summed E-state index contributed by atoms with van der Waals surface area (Å²) in [5, 5.41) is 12.3. The highest BCUT2D eigenvalue weighted by molar-refractivity contribution is 5.79. The van der Waals surface area contributed by atoms with E-state index in [1.807, 2.05) is 6.92 Å². The van der Waals surface area contributed by atoms with Crippen LogP contribution in [0.5, 0.6) is 0 Å². The number of nitrogens with zero attached hydrogens (tertiary/aromatic N) is 1. The number of aliphatic carboxylic acids is 1. The maximum atomic E-state index is 12.0. The lowest BCUT2D eigenvalue weighted by Gasteiger charge is -2.18. The van der Waals surface area contributed by atoms with Gasteiger partial charge in [0.15, 0.2) is 0 Å². The Labute approximate surface area is 101 Å². The topological polar surface area (TPSA) is 69.6 Å². The maximum absolute atomic E-state index is 12.0. The van der Waals surface area contributed by atoms with Gasteiger partial charge in [0, 0.05) is 19.5 Å². The number of hydrogen-bond acceptors (Lipinski definition) is 3. The third kappa shape index (κ3) is 2.77. The molecule has 1 amide bonds. The van der Waals surface area contributed by atoms with Crippen LogP contribution in [0.4, 0.5) is 0 Å². The van der Waals surface area contributed by atoms with Crippen LogP contribution in [0.25, 0.3) is 0 Å². The third-order valence-electron chi connectivity index (χ3n) is 3.91. The van der Waals surface area contributed by atoms with E-state index in [1.54, 1.807) is 4.90 Å². The van der Waals surface area contributed by atoms with Crippen molar-refractivity contribution in [3.05, 3.63) is 0 Å². The SMILES string of the molecule is C[C@@H]1CN(C(=O)CC2CCNC2)C[C@H]1C(=O)O. The molecule has 2 aliphatic rings. The van der Waals surface area contributed by atoms with Crippen molar-refractivity contribution in [3.8, 4) is 0 Å². The molecule has 0 aromatic rings. The van der Waals surface area contributed by atoms with Crippen molar-refractivity contribution in [3.63, 3.8) is 0 Å². The molecule has 0 radical (unpaired) electrons. The normalized spacial score (nSPS) is 33.0. The van der Waals surface area contributed by atoms with Crippen LogP contribution in [-0.2, 0) is 9.59 Å². The standard InChI is InChI=1S/C12H20N2O3/c1-8-6-14(7-10(8)12(16)17)11(15)4-9-2-3-13-5-9/h8-10,13H,2-7H2,1H3,(H,16,17)/t8-,9?,10-/m1/s1. The fraction of sp³-hybridized carbons (Fsp3) is 0.833. The summed E-state index contributed by atoms with van der Waals surface area (Å²) in [6, 6.07) is 0. The molecule has 0 aromatic carbocycles.